The van der Waals surface area contributed by atoms with E-state index < -0.39 is 17.2 Å². The molecule has 0 aliphatic carbocycles. The van der Waals surface area contributed by atoms with Crippen LogP contribution in [0.25, 0.3) is 0 Å². The SMILES string of the molecule is C[C@@H]1CNC[C@](NC(=O)OC(C)(C)C)(c2ccc(C#N)c(N)c2N)C1. The number of nitriles is 1. The lowest BCUT2D eigenvalue weighted by Gasteiger charge is -2.42. The summed E-state index contributed by atoms with van der Waals surface area (Å²) in [6.45, 7) is 8.90. The van der Waals surface area contributed by atoms with Gasteiger partial charge in [0.05, 0.1) is 22.5 Å². The molecule has 2 atom stereocenters. The maximum absolute atomic E-state index is 12.4. The molecule has 1 aromatic carbocycles. The Morgan fingerprint density at radius 1 is 1.40 bits per heavy atom. The highest BCUT2D eigenvalue weighted by atomic mass is 16.6. The summed E-state index contributed by atoms with van der Waals surface area (Å²) in [5.74, 6) is 0.319. The van der Waals surface area contributed by atoms with Gasteiger partial charge in [-0.2, -0.15) is 5.26 Å². The van der Waals surface area contributed by atoms with Crippen LogP contribution in [0.15, 0.2) is 12.1 Å². The number of benzene rings is 1. The van der Waals surface area contributed by atoms with Crippen molar-refractivity contribution in [1.29, 1.82) is 5.26 Å². The van der Waals surface area contributed by atoms with Crippen LogP contribution in [0, 0.1) is 17.2 Å². The molecule has 1 aromatic rings. The Labute approximate surface area is 148 Å². The number of alkyl carbamates (subject to hydrolysis) is 1. The number of rotatable bonds is 2. The van der Waals surface area contributed by atoms with Gasteiger partial charge in [-0.3, -0.25) is 0 Å². The van der Waals surface area contributed by atoms with Crippen molar-refractivity contribution in [2.45, 2.75) is 45.3 Å². The van der Waals surface area contributed by atoms with Crippen LogP contribution >= 0.6 is 0 Å². The number of carbonyl (C=O) groups excluding carboxylic acids is 1. The summed E-state index contributed by atoms with van der Waals surface area (Å²) in [6.07, 6.45) is 0.181. The molecule has 0 radical (unpaired) electrons. The van der Waals surface area contributed by atoms with Gasteiger partial charge in [0.25, 0.3) is 0 Å². The van der Waals surface area contributed by atoms with Gasteiger partial charge >= 0.3 is 6.09 Å². The van der Waals surface area contributed by atoms with Gasteiger partial charge in [0.1, 0.15) is 11.7 Å². The van der Waals surface area contributed by atoms with E-state index in [4.69, 9.17) is 21.5 Å². The second-order valence-corrected chi connectivity index (χ2v) is 7.75. The average molecular weight is 345 g/mol. The van der Waals surface area contributed by atoms with Crippen LogP contribution in [0.5, 0.6) is 0 Å². The molecule has 1 heterocycles. The zero-order valence-corrected chi connectivity index (χ0v) is 15.3. The molecule has 0 saturated carbocycles. The molecule has 7 nitrogen and oxygen atoms in total. The summed E-state index contributed by atoms with van der Waals surface area (Å²) < 4.78 is 5.44. The summed E-state index contributed by atoms with van der Waals surface area (Å²) in [5, 5.41) is 15.5. The Morgan fingerprint density at radius 2 is 2.08 bits per heavy atom. The van der Waals surface area contributed by atoms with Gasteiger partial charge in [-0.25, -0.2) is 4.79 Å². The minimum absolute atomic E-state index is 0.239. The number of anilines is 2. The first-order valence-corrected chi connectivity index (χ1v) is 8.38. The molecular formula is C18H27N5O2. The van der Waals surface area contributed by atoms with Gasteiger partial charge in [-0.15, -0.1) is 0 Å². The molecule has 1 aliphatic heterocycles. The standard InChI is InChI=1S/C18H27N5O2/c1-11-7-18(10-22-9-11,23-16(24)25-17(2,3)4)13-6-5-12(8-19)14(20)15(13)21/h5-6,11,22H,7,9-10,20-21H2,1-4H3,(H,23,24)/t11-,18-/m0/s1. The van der Waals surface area contributed by atoms with E-state index in [0.717, 1.165) is 6.54 Å². The molecule has 7 heteroatoms. The van der Waals surface area contributed by atoms with E-state index in [1.54, 1.807) is 12.1 Å². The number of hydrogen-bond acceptors (Lipinski definition) is 6. The van der Waals surface area contributed by atoms with Crippen molar-refractivity contribution in [3.05, 3.63) is 23.3 Å². The largest absolute Gasteiger partial charge is 0.444 e. The number of nitrogens with two attached hydrogens (primary N) is 2. The number of ether oxygens (including phenoxy) is 1. The van der Waals surface area contributed by atoms with E-state index in [-0.39, 0.29) is 5.69 Å². The molecule has 2 rings (SSSR count). The number of piperidine rings is 1. The van der Waals surface area contributed by atoms with Crippen molar-refractivity contribution in [2.24, 2.45) is 5.92 Å². The molecule has 25 heavy (non-hydrogen) atoms. The van der Waals surface area contributed by atoms with Crippen LogP contribution in [0.2, 0.25) is 0 Å². The third-order valence-corrected chi connectivity index (χ3v) is 4.28. The number of nitrogens with zero attached hydrogens (tertiary/aromatic N) is 1. The van der Waals surface area contributed by atoms with E-state index >= 15 is 0 Å². The van der Waals surface area contributed by atoms with Crippen molar-refractivity contribution in [3.63, 3.8) is 0 Å². The smallest absolute Gasteiger partial charge is 0.408 e. The maximum atomic E-state index is 12.4. The van der Waals surface area contributed by atoms with Crippen LogP contribution in [-0.2, 0) is 10.3 Å². The normalized spacial score (nSPS) is 23.6. The average Bonchev–Trinajstić information content (AvgIpc) is 2.47. The molecule has 136 valence electrons. The summed E-state index contributed by atoms with van der Waals surface area (Å²) in [7, 11) is 0. The van der Waals surface area contributed by atoms with Crippen LogP contribution < -0.4 is 22.1 Å². The minimum Gasteiger partial charge on any atom is -0.444 e. The molecule has 1 aliphatic rings. The van der Waals surface area contributed by atoms with Gasteiger partial charge < -0.3 is 26.8 Å². The van der Waals surface area contributed by atoms with Crippen molar-refractivity contribution in [3.8, 4) is 6.07 Å². The highest BCUT2D eigenvalue weighted by Crippen LogP contribution is 2.38. The molecule has 6 N–H and O–H groups in total. The number of nitrogen functional groups attached to an aromatic ring is 2. The van der Waals surface area contributed by atoms with Gasteiger partial charge in [0.2, 0.25) is 0 Å². The van der Waals surface area contributed by atoms with E-state index in [1.165, 1.54) is 0 Å². The lowest BCUT2D eigenvalue weighted by Crippen LogP contribution is -2.58. The molecule has 1 amide bonds. The number of hydrogen-bond donors (Lipinski definition) is 4. The zero-order valence-electron chi connectivity index (χ0n) is 15.3. The molecule has 0 bridgehead atoms. The van der Waals surface area contributed by atoms with E-state index in [2.05, 4.69) is 17.6 Å². The van der Waals surface area contributed by atoms with E-state index in [1.807, 2.05) is 26.8 Å². The second kappa shape index (κ2) is 6.81. The molecule has 1 fully saturated rings. The number of amides is 1. The molecule has 1 saturated heterocycles. The lowest BCUT2D eigenvalue weighted by molar-refractivity contribution is 0.0415. The quantitative estimate of drug-likeness (QED) is 0.608. The fraction of sp³-hybridized carbons (Fsp3) is 0.556. The Bertz CT molecular complexity index is 705. The van der Waals surface area contributed by atoms with Crippen molar-refractivity contribution in [2.75, 3.05) is 24.6 Å². The van der Waals surface area contributed by atoms with Crippen molar-refractivity contribution >= 4 is 17.5 Å². The van der Waals surface area contributed by atoms with Crippen LogP contribution in [-0.4, -0.2) is 24.8 Å². The predicted molar refractivity (Wildman–Crippen MR) is 97.7 cm³/mol. The predicted octanol–water partition coefficient (Wildman–Crippen LogP) is 2.07. The number of carbonyl (C=O) groups is 1. The Morgan fingerprint density at radius 3 is 2.64 bits per heavy atom. The summed E-state index contributed by atoms with van der Waals surface area (Å²) in [5.41, 5.74) is 12.5. The molecule has 0 aromatic heterocycles. The lowest BCUT2D eigenvalue weighted by atomic mass is 9.78. The first kappa shape index (κ1) is 18.9. The summed E-state index contributed by atoms with van der Waals surface area (Å²) >= 11 is 0. The van der Waals surface area contributed by atoms with Crippen LogP contribution in [0.3, 0.4) is 0 Å². The van der Waals surface area contributed by atoms with Gasteiger partial charge in [0, 0.05) is 12.1 Å². The Hall–Kier alpha value is -2.46. The first-order valence-electron chi connectivity index (χ1n) is 8.38. The summed E-state index contributed by atoms with van der Waals surface area (Å²) in [6, 6.07) is 5.43. The fourth-order valence-electron chi connectivity index (χ4n) is 3.29. The minimum atomic E-state index is -0.744. The topological polar surface area (TPSA) is 126 Å². The molecular weight excluding hydrogens is 318 g/mol. The number of nitrogens with one attached hydrogen (secondary N) is 2. The van der Waals surface area contributed by atoms with Gasteiger partial charge in [0.15, 0.2) is 0 Å². The monoisotopic (exact) mass is 345 g/mol. The molecule has 0 unspecified atom stereocenters. The second-order valence-electron chi connectivity index (χ2n) is 7.75. The molecule has 0 spiro atoms. The van der Waals surface area contributed by atoms with Gasteiger partial charge in [-0.1, -0.05) is 13.0 Å². The Balaban J connectivity index is 2.45. The van der Waals surface area contributed by atoms with E-state index in [0.29, 0.717) is 35.7 Å². The van der Waals surface area contributed by atoms with Crippen LogP contribution in [0.1, 0.15) is 45.2 Å². The van der Waals surface area contributed by atoms with Crippen molar-refractivity contribution < 1.29 is 9.53 Å². The highest BCUT2D eigenvalue weighted by molar-refractivity contribution is 5.77. The van der Waals surface area contributed by atoms with Crippen LogP contribution in [0.4, 0.5) is 16.2 Å². The highest BCUT2D eigenvalue weighted by Gasteiger charge is 2.41. The van der Waals surface area contributed by atoms with Gasteiger partial charge in [-0.05, 0) is 45.7 Å². The fourth-order valence-corrected chi connectivity index (χ4v) is 3.29. The first-order chi connectivity index (χ1) is 11.6. The Kier molecular flexibility index (Phi) is 5.14. The third-order valence-electron chi connectivity index (χ3n) is 4.28. The van der Waals surface area contributed by atoms with E-state index in [9.17, 15) is 4.79 Å². The maximum Gasteiger partial charge on any atom is 0.408 e. The zero-order chi connectivity index (χ0) is 18.8. The van der Waals surface area contributed by atoms with Crippen molar-refractivity contribution in [1.82, 2.24) is 10.6 Å². The third kappa shape index (κ3) is 4.15. The summed E-state index contributed by atoms with van der Waals surface area (Å²) in [4.78, 5) is 12.4.